The van der Waals surface area contributed by atoms with Crippen molar-refractivity contribution in [3.05, 3.63) is 46.7 Å². The molecule has 0 spiro atoms. The molecule has 0 bridgehead atoms. The Kier molecular flexibility index (Phi) is 4.49. The van der Waals surface area contributed by atoms with Gasteiger partial charge in [0.05, 0.1) is 6.10 Å². The highest BCUT2D eigenvalue weighted by atomic mass is 79.9. The molecule has 0 fully saturated rings. The van der Waals surface area contributed by atoms with Crippen LogP contribution in [-0.2, 0) is 13.0 Å². The van der Waals surface area contributed by atoms with E-state index in [9.17, 15) is 5.11 Å². The van der Waals surface area contributed by atoms with Gasteiger partial charge >= 0.3 is 0 Å². The third-order valence-corrected chi connectivity index (χ3v) is 3.19. The number of rotatable bonds is 5. The third kappa shape index (κ3) is 3.17. The van der Waals surface area contributed by atoms with E-state index >= 15 is 0 Å². The number of aromatic nitrogens is 3. The van der Waals surface area contributed by atoms with Crippen molar-refractivity contribution >= 4 is 15.9 Å². The van der Waals surface area contributed by atoms with Gasteiger partial charge in [-0.15, -0.1) is 0 Å². The number of aliphatic hydroxyl groups is 1. The molecule has 5 heteroatoms. The molecule has 0 saturated heterocycles. The average molecular weight is 310 g/mol. The largest absolute Gasteiger partial charge is 0.388 e. The average Bonchev–Trinajstić information content (AvgIpc) is 2.77. The van der Waals surface area contributed by atoms with Crippen LogP contribution in [0.3, 0.4) is 0 Å². The molecule has 1 N–H and O–H groups in total. The maximum atomic E-state index is 10.2. The molecular weight excluding hydrogens is 294 g/mol. The fourth-order valence-corrected chi connectivity index (χ4v) is 2.26. The van der Waals surface area contributed by atoms with E-state index in [1.54, 1.807) is 18.6 Å². The summed E-state index contributed by atoms with van der Waals surface area (Å²) in [6.45, 7) is 3.05. The summed E-state index contributed by atoms with van der Waals surface area (Å²) in [7, 11) is 0. The van der Waals surface area contributed by atoms with Crippen LogP contribution in [-0.4, -0.2) is 19.6 Å². The normalized spacial score (nSPS) is 12.6. The van der Waals surface area contributed by atoms with Crippen LogP contribution in [0.15, 0.2) is 35.3 Å². The molecule has 0 saturated carbocycles. The highest BCUT2D eigenvalue weighted by Gasteiger charge is 2.12. The predicted octanol–water partition coefficient (Wildman–Crippen LogP) is 2.73. The Morgan fingerprint density at radius 1 is 1.44 bits per heavy atom. The van der Waals surface area contributed by atoms with Gasteiger partial charge in [-0.3, -0.25) is 4.98 Å². The maximum Gasteiger partial charge on any atom is 0.111 e. The van der Waals surface area contributed by atoms with E-state index < -0.39 is 6.10 Å². The molecule has 0 amide bonds. The fraction of sp³-hybridized carbons (Fsp3) is 0.385. The minimum absolute atomic E-state index is 0.505. The number of aryl methyl sites for hydroxylation is 1. The molecule has 2 heterocycles. The second kappa shape index (κ2) is 6.11. The van der Waals surface area contributed by atoms with Crippen LogP contribution in [0, 0.1) is 0 Å². The first-order valence-electron chi connectivity index (χ1n) is 5.99. The van der Waals surface area contributed by atoms with E-state index in [4.69, 9.17) is 0 Å². The van der Waals surface area contributed by atoms with Crippen LogP contribution < -0.4 is 0 Å². The molecule has 0 aromatic carbocycles. The van der Waals surface area contributed by atoms with Gasteiger partial charge in [0, 0.05) is 47.8 Å². The van der Waals surface area contributed by atoms with Gasteiger partial charge < -0.3 is 9.67 Å². The number of pyridine rings is 1. The van der Waals surface area contributed by atoms with Crippen molar-refractivity contribution in [3.63, 3.8) is 0 Å². The van der Waals surface area contributed by atoms with Crippen molar-refractivity contribution in [2.45, 2.75) is 32.4 Å². The van der Waals surface area contributed by atoms with Gasteiger partial charge in [-0.25, -0.2) is 4.98 Å². The van der Waals surface area contributed by atoms with E-state index in [-0.39, 0.29) is 0 Å². The smallest absolute Gasteiger partial charge is 0.111 e. The first-order chi connectivity index (χ1) is 8.70. The molecule has 0 aliphatic carbocycles. The lowest BCUT2D eigenvalue weighted by molar-refractivity contribution is 0.174. The van der Waals surface area contributed by atoms with Crippen LogP contribution in [0.2, 0.25) is 0 Å². The summed E-state index contributed by atoms with van der Waals surface area (Å²) in [5, 5.41) is 10.2. The van der Waals surface area contributed by atoms with Crippen molar-refractivity contribution in [1.82, 2.24) is 14.5 Å². The SMILES string of the molecule is CCCn1ccnc1CC(O)c1cncc(Br)c1. The summed E-state index contributed by atoms with van der Waals surface area (Å²) in [4.78, 5) is 8.35. The molecule has 2 aromatic heterocycles. The molecule has 0 radical (unpaired) electrons. The standard InChI is InChI=1S/C13H16BrN3O/c1-2-4-17-5-3-16-13(17)7-12(18)10-6-11(14)9-15-8-10/h3,5-6,8-9,12,18H,2,4,7H2,1H3. The quantitative estimate of drug-likeness (QED) is 0.924. The lowest BCUT2D eigenvalue weighted by Gasteiger charge is -2.12. The lowest BCUT2D eigenvalue weighted by atomic mass is 10.1. The Morgan fingerprint density at radius 3 is 3.00 bits per heavy atom. The first-order valence-corrected chi connectivity index (χ1v) is 6.78. The molecule has 0 aliphatic heterocycles. The molecule has 2 aromatic rings. The summed E-state index contributed by atoms with van der Waals surface area (Å²) in [5.41, 5.74) is 0.801. The van der Waals surface area contributed by atoms with Crippen molar-refractivity contribution in [2.24, 2.45) is 0 Å². The fourth-order valence-electron chi connectivity index (χ4n) is 1.88. The van der Waals surface area contributed by atoms with Crippen LogP contribution in [0.25, 0.3) is 0 Å². The number of nitrogens with zero attached hydrogens (tertiary/aromatic N) is 3. The Hall–Kier alpha value is -1.20. The minimum Gasteiger partial charge on any atom is -0.388 e. The predicted molar refractivity (Wildman–Crippen MR) is 73.1 cm³/mol. The van der Waals surface area contributed by atoms with Gasteiger partial charge in [0.1, 0.15) is 5.82 Å². The van der Waals surface area contributed by atoms with E-state index in [1.807, 2.05) is 12.3 Å². The van der Waals surface area contributed by atoms with E-state index in [1.165, 1.54) is 0 Å². The highest BCUT2D eigenvalue weighted by Crippen LogP contribution is 2.20. The molecule has 18 heavy (non-hydrogen) atoms. The van der Waals surface area contributed by atoms with Crippen LogP contribution >= 0.6 is 15.9 Å². The Morgan fingerprint density at radius 2 is 2.28 bits per heavy atom. The summed E-state index contributed by atoms with van der Waals surface area (Å²) in [6.07, 6.45) is 8.09. The second-order valence-corrected chi connectivity index (χ2v) is 5.11. The summed E-state index contributed by atoms with van der Waals surface area (Å²) in [5.74, 6) is 0.907. The van der Waals surface area contributed by atoms with E-state index in [0.717, 1.165) is 28.8 Å². The summed E-state index contributed by atoms with van der Waals surface area (Å²) < 4.78 is 2.95. The van der Waals surface area contributed by atoms with Crippen molar-refractivity contribution in [3.8, 4) is 0 Å². The van der Waals surface area contributed by atoms with Gasteiger partial charge in [-0.1, -0.05) is 6.92 Å². The molecule has 2 rings (SSSR count). The number of hydrogen-bond donors (Lipinski definition) is 1. The first kappa shape index (κ1) is 13.2. The molecular formula is C13H16BrN3O. The molecule has 1 unspecified atom stereocenters. The lowest BCUT2D eigenvalue weighted by Crippen LogP contribution is -2.09. The zero-order valence-corrected chi connectivity index (χ0v) is 11.8. The summed E-state index contributed by atoms with van der Waals surface area (Å²) in [6, 6.07) is 1.88. The molecule has 4 nitrogen and oxygen atoms in total. The zero-order chi connectivity index (χ0) is 13.0. The van der Waals surface area contributed by atoms with Crippen molar-refractivity contribution < 1.29 is 5.11 Å². The van der Waals surface area contributed by atoms with Gasteiger partial charge in [-0.05, 0) is 28.4 Å². The Labute approximate surface area is 115 Å². The number of halogens is 1. The maximum absolute atomic E-state index is 10.2. The third-order valence-electron chi connectivity index (χ3n) is 2.75. The topological polar surface area (TPSA) is 50.9 Å². The molecule has 96 valence electrons. The van der Waals surface area contributed by atoms with Crippen LogP contribution in [0.4, 0.5) is 0 Å². The van der Waals surface area contributed by atoms with Gasteiger partial charge in [0.2, 0.25) is 0 Å². The van der Waals surface area contributed by atoms with Crippen molar-refractivity contribution in [2.75, 3.05) is 0 Å². The van der Waals surface area contributed by atoms with Crippen LogP contribution in [0.1, 0.15) is 30.8 Å². The van der Waals surface area contributed by atoms with Gasteiger partial charge in [-0.2, -0.15) is 0 Å². The van der Waals surface area contributed by atoms with E-state index in [2.05, 4.69) is 37.4 Å². The Bertz CT molecular complexity index is 512. The second-order valence-electron chi connectivity index (χ2n) is 4.19. The number of hydrogen-bond acceptors (Lipinski definition) is 3. The molecule has 1 atom stereocenters. The van der Waals surface area contributed by atoms with Gasteiger partial charge in [0.25, 0.3) is 0 Å². The Balaban J connectivity index is 2.11. The van der Waals surface area contributed by atoms with Gasteiger partial charge in [0.15, 0.2) is 0 Å². The summed E-state index contributed by atoms with van der Waals surface area (Å²) >= 11 is 3.35. The zero-order valence-electron chi connectivity index (χ0n) is 10.3. The number of imidazole rings is 1. The molecule has 0 aliphatic rings. The van der Waals surface area contributed by atoms with E-state index in [0.29, 0.717) is 6.42 Å². The van der Waals surface area contributed by atoms with Crippen LogP contribution in [0.5, 0.6) is 0 Å². The van der Waals surface area contributed by atoms with Crippen molar-refractivity contribution in [1.29, 1.82) is 0 Å². The monoisotopic (exact) mass is 309 g/mol. The number of aliphatic hydroxyl groups excluding tert-OH is 1. The highest BCUT2D eigenvalue weighted by molar-refractivity contribution is 9.10. The minimum atomic E-state index is -0.576.